The van der Waals surface area contributed by atoms with Crippen molar-refractivity contribution in [3.8, 4) is 23.0 Å². The fraction of sp³-hybridized carbons (Fsp3) is 0.615. The van der Waals surface area contributed by atoms with Crippen molar-refractivity contribution in [2.75, 3.05) is 79.9 Å². The molecule has 2 heterocycles. The van der Waals surface area contributed by atoms with Crippen molar-refractivity contribution < 1.29 is 67.3 Å². The number of methoxy groups -OCH3 is 2. The van der Waals surface area contributed by atoms with Gasteiger partial charge < -0.3 is 57.9 Å². The molecule has 0 bridgehead atoms. The van der Waals surface area contributed by atoms with Crippen LogP contribution in [0.1, 0.15) is 134 Å². The number of ether oxygens (including phenoxy) is 8. The molecule has 0 spiro atoms. The maximum Gasteiger partial charge on any atom is 0.342 e. The Kier molecular flexibility index (Phi) is 22.6. The van der Waals surface area contributed by atoms with Crippen LogP contribution in [0.4, 0.5) is 0 Å². The summed E-state index contributed by atoms with van der Waals surface area (Å²) in [6, 6.07) is 0. The lowest BCUT2D eigenvalue weighted by Crippen LogP contribution is -2.38. The number of carbonyl (C=O) groups is 4. The van der Waals surface area contributed by atoms with E-state index in [-0.39, 0.29) is 73.8 Å². The number of benzene rings is 2. The van der Waals surface area contributed by atoms with Crippen molar-refractivity contribution in [1.29, 1.82) is 0 Å². The van der Waals surface area contributed by atoms with E-state index in [4.69, 9.17) is 37.9 Å². The van der Waals surface area contributed by atoms with Gasteiger partial charge in [0.1, 0.15) is 59.5 Å². The van der Waals surface area contributed by atoms with Crippen LogP contribution in [-0.2, 0) is 64.1 Å². The molecule has 2 aromatic carbocycles. The summed E-state index contributed by atoms with van der Waals surface area (Å²) in [6.07, 6.45) is 6.31. The predicted molar refractivity (Wildman–Crippen MR) is 257 cm³/mol. The summed E-state index contributed by atoms with van der Waals surface area (Å²) in [4.78, 5) is 55.2. The van der Waals surface area contributed by atoms with Crippen molar-refractivity contribution in [1.82, 2.24) is 9.80 Å². The Hall–Kier alpha value is -5.16. The third-order valence-electron chi connectivity index (χ3n) is 12.8. The predicted octanol–water partition coefficient (Wildman–Crippen LogP) is 7.63. The molecule has 378 valence electrons. The van der Waals surface area contributed by atoms with Crippen LogP contribution in [0.2, 0.25) is 0 Å². The van der Waals surface area contributed by atoms with Crippen LogP contribution in [0.3, 0.4) is 0 Å². The first-order chi connectivity index (χ1) is 32.6. The fourth-order valence-corrected chi connectivity index (χ4v) is 8.53. The second kappa shape index (κ2) is 27.7. The number of hydrogen-bond acceptors (Lipinski definition) is 16. The van der Waals surface area contributed by atoms with E-state index < -0.39 is 24.1 Å². The molecule has 68 heavy (non-hydrogen) atoms. The van der Waals surface area contributed by atoms with Crippen LogP contribution in [0, 0.1) is 13.8 Å². The number of carbonyl (C=O) groups excluding carboxylic acids is 4. The number of allylic oxidation sites excluding steroid dienone is 4. The van der Waals surface area contributed by atoms with Gasteiger partial charge >= 0.3 is 23.9 Å². The Morgan fingerprint density at radius 3 is 1.34 bits per heavy atom. The minimum atomic E-state index is -0.548. The molecule has 2 aliphatic rings. The Balaban J connectivity index is 1.20. The van der Waals surface area contributed by atoms with Crippen molar-refractivity contribution in [2.24, 2.45) is 0 Å². The van der Waals surface area contributed by atoms with Crippen LogP contribution in [-0.4, -0.2) is 136 Å². The molecule has 2 atom stereocenters. The number of hydrogen-bond donors (Lipinski definition) is 2. The number of rotatable bonds is 31. The molecule has 2 N–H and O–H groups in total. The summed E-state index contributed by atoms with van der Waals surface area (Å²) in [5, 5.41) is 21.9. The maximum absolute atomic E-state index is 13.1. The molecule has 16 heteroatoms. The molecule has 2 unspecified atom stereocenters. The highest BCUT2D eigenvalue weighted by Gasteiger charge is 2.33. The summed E-state index contributed by atoms with van der Waals surface area (Å²) in [6.45, 7) is 21.7. The van der Waals surface area contributed by atoms with Crippen LogP contribution >= 0.6 is 0 Å². The highest BCUT2D eigenvalue weighted by Crippen LogP contribution is 2.43. The summed E-state index contributed by atoms with van der Waals surface area (Å²) in [5.74, 6) is -0.976. The zero-order valence-corrected chi connectivity index (χ0v) is 42.1. The zero-order valence-electron chi connectivity index (χ0n) is 42.1. The Morgan fingerprint density at radius 1 is 0.632 bits per heavy atom. The van der Waals surface area contributed by atoms with Gasteiger partial charge in [-0.2, -0.15) is 0 Å². The standard InChI is InChI=1S/C52H76N2O14/c1-11-53(12-2)27-37(67-43(55)23-19-33(5)17-21-39-47(57)45-41(31-65-51(45)59)35(7)49(39)61-9)29-63-25-15-16-26-64-30-38(28-54(13-3)14-4)68-44(56)24-20-34(6)18-22-40-48(58)46-42(32-66-52(46)60)36(8)50(40)62-10/h17-18,37-38,57-58H,11-16,19-32H2,1-10H3/b33-17+,34-18+. The first-order valence-corrected chi connectivity index (χ1v) is 24.1. The van der Waals surface area contributed by atoms with Crippen molar-refractivity contribution in [3.63, 3.8) is 0 Å². The van der Waals surface area contributed by atoms with E-state index in [0.29, 0.717) is 85.7 Å². The number of aromatic hydroxyl groups is 2. The van der Waals surface area contributed by atoms with Gasteiger partial charge in [-0.05, 0) is 104 Å². The van der Waals surface area contributed by atoms with E-state index >= 15 is 0 Å². The summed E-state index contributed by atoms with van der Waals surface area (Å²) < 4.78 is 45.4. The third-order valence-corrected chi connectivity index (χ3v) is 12.8. The zero-order chi connectivity index (χ0) is 49.9. The van der Waals surface area contributed by atoms with Gasteiger partial charge in [0.05, 0.1) is 27.4 Å². The number of phenols is 2. The average Bonchev–Trinajstić information content (AvgIpc) is 3.92. The summed E-state index contributed by atoms with van der Waals surface area (Å²) in [7, 11) is 3.06. The van der Waals surface area contributed by atoms with Gasteiger partial charge in [-0.1, -0.05) is 51.0 Å². The minimum Gasteiger partial charge on any atom is -0.507 e. The molecule has 0 aromatic heterocycles. The number of unbranched alkanes of at least 4 members (excludes halogenated alkanes) is 1. The second-order valence-electron chi connectivity index (χ2n) is 17.4. The SMILES string of the molecule is CCN(CC)CC(COCCCCOCC(CN(CC)CC)OC(=O)CC/C(C)=C/Cc1c(O)c2c(c(C)c1OC)COC2=O)OC(=O)CC/C(C)=C/Cc1c(O)c2c(c(C)c1OC)COC2=O. The molecule has 0 saturated carbocycles. The van der Waals surface area contributed by atoms with E-state index in [1.165, 1.54) is 14.2 Å². The molecule has 0 radical (unpaired) electrons. The van der Waals surface area contributed by atoms with Crippen LogP contribution in [0.15, 0.2) is 23.3 Å². The molecule has 16 nitrogen and oxygen atoms in total. The number of nitrogens with zero attached hydrogens (tertiary/aromatic N) is 2. The molecule has 0 saturated heterocycles. The van der Waals surface area contributed by atoms with Crippen molar-refractivity contribution >= 4 is 23.9 Å². The van der Waals surface area contributed by atoms with E-state index in [1.54, 1.807) is 0 Å². The largest absolute Gasteiger partial charge is 0.507 e. The number of phenolic OH excluding ortho intramolecular Hbond substituents is 2. The molecule has 4 rings (SSSR count). The van der Waals surface area contributed by atoms with E-state index in [9.17, 15) is 29.4 Å². The quantitative estimate of drug-likeness (QED) is 0.0325. The van der Waals surface area contributed by atoms with Gasteiger partial charge in [-0.25, -0.2) is 9.59 Å². The lowest BCUT2D eigenvalue weighted by atomic mass is 9.94. The van der Waals surface area contributed by atoms with Crippen molar-refractivity contribution in [3.05, 3.63) is 67.8 Å². The molecule has 0 amide bonds. The monoisotopic (exact) mass is 953 g/mol. The lowest BCUT2D eigenvalue weighted by molar-refractivity contribution is -0.154. The Bertz CT molecular complexity index is 1960. The first kappa shape index (κ1) is 55.4. The fourth-order valence-electron chi connectivity index (χ4n) is 8.53. The number of likely N-dealkylation sites (N-methyl/N-ethyl adjacent to an activating group) is 2. The lowest BCUT2D eigenvalue weighted by Gasteiger charge is -2.25. The van der Waals surface area contributed by atoms with Gasteiger partial charge in [-0.15, -0.1) is 0 Å². The smallest absolute Gasteiger partial charge is 0.342 e. The van der Waals surface area contributed by atoms with Gasteiger partial charge in [-0.3, -0.25) is 9.59 Å². The number of esters is 4. The van der Waals surface area contributed by atoms with Gasteiger partial charge in [0.25, 0.3) is 0 Å². The highest BCUT2D eigenvalue weighted by atomic mass is 16.6. The maximum atomic E-state index is 13.1. The van der Waals surface area contributed by atoms with Gasteiger partial charge in [0.2, 0.25) is 0 Å². The summed E-state index contributed by atoms with van der Waals surface area (Å²) >= 11 is 0. The topological polar surface area (TPSA) is 189 Å². The Labute approximate surface area is 402 Å². The van der Waals surface area contributed by atoms with Crippen LogP contribution in [0.25, 0.3) is 0 Å². The van der Waals surface area contributed by atoms with Gasteiger partial charge in [0.15, 0.2) is 0 Å². The van der Waals surface area contributed by atoms with Gasteiger partial charge in [0, 0.05) is 61.4 Å². The number of fused-ring (bicyclic) bond motifs is 2. The average molecular weight is 953 g/mol. The van der Waals surface area contributed by atoms with Crippen LogP contribution < -0.4 is 9.47 Å². The van der Waals surface area contributed by atoms with E-state index in [1.807, 2.05) is 39.8 Å². The van der Waals surface area contributed by atoms with E-state index in [2.05, 4.69) is 37.5 Å². The summed E-state index contributed by atoms with van der Waals surface area (Å²) in [5.41, 5.74) is 6.03. The third kappa shape index (κ3) is 15.2. The second-order valence-corrected chi connectivity index (χ2v) is 17.4. The normalized spacial score (nSPS) is 14.5. The molecule has 0 aliphatic carbocycles. The molecule has 2 aliphatic heterocycles. The number of cyclic esters (lactones) is 2. The van der Waals surface area contributed by atoms with Crippen molar-refractivity contribution in [2.45, 2.75) is 132 Å². The minimum absolute atomic E-state index is 0.104. The van der Waals surface area contributed by atoms with E-state index in [0.717, 1.165) is 61.3 Å². The first-order valence-electron chi connectivity index (χ1n) is 24.1. The molecular formula is C52H76N2O14. The Morgan fingerprint density at radius 2 is 1.00 bits per heavy atom. The van der Waals surface area contributed by atoms with Crippen LogP contribution in [0.5, 0.6) is 23.0 Å². The molecule has 0 fully saturated rings. The molecule has 2 aromatic rings. The molecular weight excluding hydrogens is 877 g/mol. The highest BCUT2D eigenvalue weighted by molar-refractivity contribution is 5.98.